The number of carbonyl (C=O) groups excluding carboxylic acids is 1. The zero-order chi connectivity index (χ0) is 28.6. The summed E-state index contributed by atoms with van der Waals surface area (Å²) in [6.45, 7) is 6.08. The Bertz CT molecular complexity index is 1390. The molecule has 1 aromatic heterocycles. The van der Waals surface area contributed by atoms with Gasteiger partial charge in [-0.15, -0.1) is 0 Å². The third-order valence-electron chi connectivity index (χ3n) is 7.90. The van der Waals surface area contributed by atoms with Gasteiger partial charge in [0.1, 0.15) is 12.1 Å². The van der Waals surface area contributed by atoms with E-state index in [4.69, 9.17) is 0 Å². The van der Waals surface area contributed by atoms with E-state index in [0.29, 0.717) is 36.3 Å². The number of carbonyl (C=O) groups is 1. The minimum Gasteiger partial charge on any atom is -0.393 e. The van der Waals surface area contributed by atoms with Crippen LogP contribution in [0.5, 0.6) is 0 Å². The van der Waals surface area contributed by atoms with Gasteiger partial charge in [-0.3, -0.25) is 9.69 Å². The maximum absolute atomic E-state index is 13.7. The summed E-state index contributed by atoms with van der Waals surface area (Å²) in [4.78, 5) is 24.1. The van der Waals surface area contributed by atoms with E-state index in [1.807, 2.05) is 32.0 Å². The topological polar surface area (TPSA) is 90.4 Å². The van der Waals surface area contributed by atoms with E-state index < -0.39 is 23.9 Å². The van der Waals surface area contributed by atoms with Crippen molar-refractivity contribution in [2.45, 2.75) is 83.3 Å². The molecule has 3 N–H and O–H groups in total. The minimum absolute atomic E-state index is 0.0490. The Morgan fingerprint density at radius 3 is 2.62 bits per heavy atom. The number of benzene rings is 2. The Morgan fingerprint density at radius 1 is 1.07 bits per heavy atom. The van der Waals surface area contributed by atoms with Gasteiger partial charge in [0.05, 0.1) is 29.1 Å². The van der Waals surface area contributed by atoms with Crippen LogP contribution in [-0.2, 0) is 23.8 Å². The summed E-state index contributed by atoms with van der Waals surface area (Å²) < 4.78 is 41.0. The van der Waals surface area contributed by atoms with Crippen molar-refractivity contribution in [3.63, 3.8) is 0 Å². The highest BCUT2D eigenvalue weighted by Crippen LogP contribution is 2.37. The van der Waals surface area contributed by atoms with Crippen LogP contribution in [0, 0.1) is 0 Å². The number of nitrogens with zero attached hydrogens (tertiary/aromatic N) is 3. The molecule has 40 heavy (non-hydrogen) atoms. The zero-order valence-electron chi connectivity index (χ0n) is 22.8. The molecule has 0 bridgehead atoms. The Morgan fingerprint density at radius 2 is 1.88 bits per heavy atom. The Labute approximate surface area is 231 Å². The predicted molar refractivity (Wildman–Crippen MR) is 148 cm³/mol. The van der Waals surface area contributed by atoms with Crippen molar-refractivity contribution in [1.82, 2.24) is 14.9 Å². The van der Waals surface area contributed by atoms with Gasteiger partial charge in [0, 0.05) is 35.8 Å². The fourth-order valence-electron chi connectivity index (χ4n) is 6.00. The lowest BCUT2D eigenvalue weighted by molar-refractivity contribution is -0.137. The van der Waals surface area contributed by atoms with Gasteiger partial charge in [-0.1, -0.05) is 18.2 Å². The van der Waals surface area contributed by atoms with Gasteiger partial charge in [-0.25, -0.2) is 9.97 Å². The monoisotopic (exact) mass is 553 g/mol. The standard InChI is InChI=1S/C30H34F3N5O2/c1-17(2)38-18(3)7-12-27(38)29(40)37-26-13-20(30(31,32)33)9-11-22(26)25-15-28(35-16-34-25)36-24-6-4-5-19-8-10-21(39)14-23(19)24/h4-6,9,11,13,15-18,21,27,39H,7-8,10,12,14H2,1-3H3,(H,37,40)(H,34,35,36)/t18-,21?,27+/m1/s1. The number of nitrogens with one attached hydrogen (secondary N) is 2. The van der Waals surface area contributed by atoms with Crippen molar-refractivity contribution in [3.05, 3.63) is 65.5 Å². The van der Waals surface area contributed by atoms with Gasteiger partial charge in [0.15, 0.2) is 0 Å². The number of aromatic nitrogens is 2. The number of aryl methyl sites for hydroxylation is 1. The molecule has 1 aliphatic carbocycles. The van der Waals surface area contributed by atoms with Crippen LogP contribution in [0.2, 0.25) is 0 Å². The molecule has 1 amide bonds. The summed E-state index contributed by atoms with van der Waals surface area (Å²) in [6.07, 6.45) is -0.148. The highest BCUT2D eigenvalue weighted by atomic mass is 19.4. The molecule has 10 heteroatoms. The third kappa shape index (κ3) is 5.83. The number of anilines is 3. The minimum atomic E-state index is -4.57. The lowest BCUT2D eigenvalue weighted by atomic mass is 9.88. The first-order chi connectivity index (χ1) is 19.0. The highest BCUT2D eigenvalue weighted by Gasteiger charge is 2.38. The second kappa shape index (κ2) is 11.2. The van der Waals surface area contributed by atoms with Gasteiger partial charge < -0.3 is 15.7 Å². The first-order valence-corrected chi connectivity index (χ1v) is 13.7. The number of alkyl halides is 3. The lowest BCUT2D eigenvalue weighted by Gasteiger charge is -2.31. The summed E-state index contributed by atoms with van der Waals surface area (Å²) in [6, 6.07) is 10.7. The third-order valence-corrected chi connectivity index (χ3v) is 7.90. The smallest absolute Gasteiger partial charge is 0.393 e. The van der Waals surface area contributed by atoms with Crippen LogP contribution >= 0.6 is 0 Å². The summed E-state index contributed by atoms with van der Waals surface area (Å²) in [5, 5.41) is 16.3. The van der Waals surface area contributed by atoms with Crippen molar-refractivity contribution < 1.29 is 23.1 Å². The number of hydrogen-bond donors (Lipinski definition) is 3. The van der Waals surface area contributed by atoms with Crippen LogP contribution in [-0.4, -0.2) is 50.1 Å². The molecule has 1 unspecified atom stereocenters. The van der Waals surface area contributed by atoms with E-state index in [1.165, 1.54) is 12.4 Å². The van der Waals surface area contributed by atoms with E-state index in [0.717, 1.165) is 41.8 Å². The molecule has 3 aromatic rings. The molecule has 1 aliphatic heterocycles. The van der Waals surface area contributed by atoms with Crippen molar-refractivity contribution in [2.24, 2.45) is 0 Å². The van der Waals surface area contributed by atoms with Gasteiger partial charge in [0.2, 0.25) is 5.91 Å². The van der Waals surface area contributed by atoms with Crippen molar-refractivity contribution >= 4 is 23.1 Å². The van der Waals surface area contributed by atoms with Crippen LogP contribution in [0.4, 0.5) is 30.4 Å². The molecule has 212 valence electrons. The summed E-state index contributed by atoms with van der Waals surface area (Å²) in [5.41, 5.74) is 2.91. The lowest BCUT2D eigenvalue weighted by Crippen LogP contribution is -2.46. The average Bonchev–Trinajstić information content (AvgIpc) is 3.30. The van der Waals surface area contributed by atoms with Crippen LogP contribution < -0.4 is 10.6 Å². The van der Waals surface area contributed by atoms with Crippen molar-refractivity contribution in [3.8, 4) is 11.3 Å². The summed E-state index contributed by atoms with van der Waals surface area (Å²) in [5.74, 6) is 0.117. The second-order valence-electron chi connectivity index (χ2n) is 11.0. The molecule has 0 saturated carbocycles. The van der Waals surface area contributed by atoms with Gasteiger partial charge >= 0.3 is 6.18 Å². The quantitative estimate of drug-likeness (QED) is 0.349. The molecule has 1 saturated heterocycles. The number of halogens is 3. The molecule has 2 aromatic carbocycles. The number of likely N-dealkylation sites (tertiary alicyclic amines) is 1. The van der Waals surface area contributed by atoms with E-state index in [-0.39, 0.29) is 23.7 Å². The van der Waals surface area contributed by atoms with Gasteiger partial charge in [-0.05, 0) is 75.8 Å². The Hall–Kier alpha value is -3.50. The highest BCUT2D eigenvalue weighted by molar-refractivity contribution is 5.98. The fraction of sp³-hybridized carbons (Fsp3) is 0.433. The number of amides is 1. The zero-order valence-corrected chi connectivity index (χ0v) is 22.8. The maximum Gasteiger partial charge on any atom is 0.416 e. The molecule has 7 nitrogen and oxygen atoms in total. The van der Waals surface area contributed by atoms with Gasteiger partial charge in [0.25, 0.3) is 0 Å². The second-order valence-corrected chi connectivity index (χ2v) is 11.0. The largest absolute Gasteiger partial charge is 0.416 e. The number of hydrogen-bond acceptors (Lipinski definition) is 6. The predicted octanol–water partition coefficient (Wildman–Crippen LogP) is 5.96. The summed E-state index contributed by atoms with van der Waals surface area (Å²) in [7, 11) is 0. The summed E-state index contributed by atoms with van der Waals surface area (Å²) >= 11 is 0. The fourth-order valence-corrected chi connectivity index (χ4v) is 6.00. The average molecular weight is 554 g/mol. The normalized spacial score (nSPS) is 21.4. The molecule has 1 fully saturated rings. The van der Waals surface area contributed by atoms with E-state index in [9.17, 15) is 23.1 Å². The van der Waals surface area contributed by atoms with Crippen molar-refractivity contribution in [1.29, 1.82) is 0 Å². The molecule has 2 aliphatic rings. The van der Waals surface area contributed by atoms with Crippen LogP contribution in [0.1, 0.15) is 56.7 Å². The molecule has 0 radical (unpaired) electrons. The molecule has 0 spiro atoms. The first-order valence-electron chi connectivity index (χ1n) is 13.7. The number of rotatable bonds is 6. The molecule has 5 rings (SSSR count). The maximum atomic E-state index is 13.7. The number of fused-ring (bicyclic) bond motifs is 1. The van der Waals surface area contributed by atoms with Gasteiger partial charge in [-0.2, -0.15) is 13.2 Å². The molecule has 2 heterocycles. The molecular weight excluding hydrogens is 519 g/mol. The Balaban J connectivity index is 1.47. The molecular formula is C30H34F3N5O2. The number of aliphatic hydroxyl groups excluding tert-OH is 1. The number of aliphatic hydroxyl groups is 1. The van der Waals surface area contributed by atoms with Crippen LogP contribution in [0.15, 0.2) is 48.8 Å². The van der Waals surface area contributed by atoms with Crippen LogP contribution in [0.25, 0.3) is 11.3 Å². The van der Waals surface area contributed by atoms with Crippen LogP contribution in [0.3, 0.4) is 0 Å². The van der Waals surface area contributed by atoms with Crippen molar-refractivity contribution in [2.75, 3.05) is 10.6 Å². The van der Waals surface area contributed by atoms with E-state index in [1.54, 1.807) is 6.07 Å². The Kier molecular flexibility index (Phi) is 7.83. The molecule has 3 atom stereocenters. The first kappa shape index (κ1) is 28.0. The SMILES string of the molecule is CC(C)N1[C@H](C)CC[C@H]1C(=O)Nc1cc(C(F)(F)F)ccc1-c1cc(Nc2cccc3c2CC(O)CC3)ncn1. The van der Waals surface area contributed by atoms with E-state index in [2.05, 4.69) is 32.4 Å². The van der Waals surface area contributed by atoms with E-state index >= 15 is 0 Å².